The van der Waals surface area contributed by atoms with Crippen molar-refractivity contribution in [3.05, 3.63) is 143 Å². The van der Waals surface area contributed by atoms with E-state index in [0.717, 1.165) is 55.8 Å². The van der Waals surface area contributed by atoms with Gasteiger partial charge in [0.25, 0.3) is 0 Å². The number of benzene rings is 4. The molecule has 0 N–H and O–H groups in total. The molecule has 0 amide bonds. The van der Waals surface area contributed by atoms with Crippen LogP contribution in [0.1, 0.15) is 53.5 Å². The van der Waals surface area contributed by atoms with Gasteiger partial charge in [0.2, 0.25) is 0 Å². The highest BCUT2D eigenvalue weighted by molar-refractivity contribution is 8.00. The zero-order valence-corrected chi connectivity index (χ0v) is 23.6. The van der Waals surface area contributed by atoms with E-state index < -0.39 is 4.75 Å². The van der Waals surface area contributed by atoms with E-state index in [9.17, 15) is 5.26 Å². The molecule has 6 rings (SSSR count). The maximum Gasteiger partial charge on any atom is 0.132 e. The summed E-state index contributed by atoms with van der Waals surface area (Å²) in [5.74, 6) is 0. The summed E-state index contributed by atoms with van der Waals surface area (Å²) in [5, 5.41) is 10.5. The van der Waals surface area contributed by atoms with Crippen molar-refractivity contribution >= 4 is 29.5 Å². The van der Waals surface area contributed by atoms with Gasteiger partial charge in [-0.25, -0.2) is 0 Å². The largest absolute Gasteiger partial charge is 0.303 e. The molecule has 0 saturated carbocycles. The minimum absolute atomic E-state index is 0.591. The maximum atomic E-state index is 10.5. The van der Waals surface area contributed by atoms with Crippen molar-refractivity contribution in [1.29, 1.82) is 5.26 Å². The average molecular weight is 539 g/mol. The van der Waals surface area contributed by atoms with E-state index in [4.69, 9.17) is 0 Å². The molecule has 0 aromatic heterocycles. The van der Waals surface area contributed by atoms with E-state index in [-0.39, 0.29) is 0 Å². The molecular formula is C37H34N2S. The molecule has 3 heteroatoms. The van der Waals surface area contributed by atoms with Crippen LogP contribution in [-0.2, 0) is 4.75 Å². The molecule has 0 spiro atoms. The van der Waals surface area contributed by atoms with Gasteiger partial charge in [0, 0.05) is 18.0 Å². The number of rotatable bonds is 7. The second-order valence-electron chi connectivity index (χ2n) is 10.7. The Morgan fingerprint density at radius 3 is 1.85 bits per heavy atom. The predicted molar refractivity (Wildman–Crippen MR) is 169 cm³/mol. The fourth-order valence-electron chi connectivity index (χ4n) is 6.09. The van der Waals surface area contributed by atoms with Crippen LogP contribution in [0.2, 0.25) is 0 Å². The monoisotopic (exact) mass is 538 g/mol. The standard InChI is InChI=1S/C37H34N2S/c38-28-37(32-14-3-1-4-15-32,40-33-16-5-2-6-17-33)24-11-25-39-26-22-31(23-27-39)36-34-18-9-7-12-29(34)20-21-30-13-8-10-19-35(30)36/h1-10,12-21H,11,22-27H2. The number of piperidine rings is 1. The summed E-state index contributed by atoms with van der Waals surface area (Å²) in [6.45, 7) is 3.14. The lowest BCUT2D eigenvalue weighted by atomic mass is 9.86. The van der Waals surface area contributed by atoms with Crippen molar-refractivity contribution in [3.63, 3.8) is 0 Å². The van der Waals surface area contributed by atoms with E-state index in [0.29, 0.717) is 0 Å². The van der Waals surface area contributed by atoms with Crippen molar-refractivity contribution < 1.29 is 0 Å². The van der Waals surface area contributed by atoms with Gasteiger partial charge in [0.1, 0.15) is 4.75 Å². The Bertz CT molecular complexity index is 1500. The topological polar surface area (TPSA) is 27.0 Å². The number of hydrogen-bond acceptors (Lipinski definition) is 3. The van der Waals surface area contributed by atoms with Gasteiger partial charge < -0.3 is 4.90 Å². The van der Waals surface area contributed by atoms with Crippen molar-refractivity contribution in [3.8, 4) is 6.07 Å². The van der Waals surface area contributed by atoms with E-state index in [1.54, 1.807) is 17.3 Å². The number of fused-ring (bicyclic) bond motifs is 2. The number of nitrogens with zero attached hydrogens (tertiary/aromatic N) is 2. The predicted octanol–water partition coefficient (Wildman–Crippen LogP) is 9.06. The third kappa shape index (κ3) is 5.56. The summed E-state index contributed by atoms with van der Waals surface area (Å²) < 4.78 is -0.591. The summed E-state index contributed by atoms with van der Waals surface area (Å²) in [4.78, 5) is 3.73. The fourth-order valence-corrected chi connectivity index (χ4v) is 7.33. The van der Waals surface area contributed by atoms with E-state index in [1.807, 2.05) is 24.3 Å². The van der Waals surface area contributed by atoms with Gasteiger partial charge in [-0.05, 0) is 77.8 Å². The van der Waals surface area contributed by atoms with Crippen LogP contribution in [0, 0.1) is 11.3 Å². The molecule has 40 heavy (non-hydrogen) atoms. The van der Waals surface area contributed by atoms with E-state index >= 15 is 0 Å². The highest BCUT2D eigenvalue weighted by Crippen LogP contribution is 2.45. The molecule has 1 atom stereocenters. The van der Waals surface area contributed by atoms with Gasteiger partial charge in [-0.1, -0.05) is 127 Å². The first-order valence-corrected chi connectivity index (χ1v) is 15.1. The first-order valence-electron chi connectivity index (χ1n) is 14.3. The fraction of sp³-hybridized carbons (Fsp3) is 0.216. The molecule has 0 radical (unpaired) electrons. The SMILES string of the molecule is N#CC(CCCN1CCC(=C2c3ccccc3C=Cc3ccccc32)CC1)(Sc1ccccc1)c1ccccc1. The van der Waals surface area contributed by atoms with Crippen LogP contribution in [-0.4, -0.2) is 24.5 Å². The van der Waals surface area contributed by atoms with Crippen LogP contribution >= 0.6 is 11.8 Å². The van der Waals surface area contributed by atoms with E-state index in [1.165, 1.54) is 27.8 Å². The number of nitriles is 1. The summed E-state index contributed by atoms with van der Waals surface area (Å²) in [6, 6.07) is 41.0. The second kappa shape index (κ2) is 12.1. The Kier molecular flexibility index (Phi) is 8.00. The molecular weight excluding hydrogens is 504 g/mol. The van der Waals surface area contributed by atoms with Crippen LogP contribution < -0.4 is 0 Å². The summed E-state index contributed by atoms with van der Waals surface area (Å²) in [5.41, 5.74) is 9.40. The van der Waals surface area contributed by atoms with Gasteiger partial charge in [0.05, 0.1) is 6.07 Å². The van der Waals surface area contributed by atoms with Crippen LogP contribution in [0.15, 0.2) is 120 Å². The zero-order valence-electron chi connectivity index (χ0n) is 22.8. The molecule has 4 aromatic rings. The summed E-state index contributed by atoms with van der Waals surface area (Å²) in [7, 11) is 0. The van der Waals surface area contributed by atoms with E-state index in [2.05, 4.69) is 108 Å². The Hall–Kier alpha value is -3.84. The average Bonchev–Trinajstić information content (AvgIpc) is 3.19. The van der Waals surface area contributed by atoms with Crippen LogP contribution in [0.4, 0.5) is 0 Å². The number of hydrogen-bond donors (Lipinski definition) is 0. The first-order chi connectivity index (χ1) is 19.8. The normalized spacial score (nSPS) is 16.4. The first kappa shape index (κ1) is 26.4. The lowest BCUT2D eigenvalue weighted by Crippen LogP contribution is -2.33. The minimum atomic E-state index is -0.591. The maximum absolute atomic E-state index is 10.5. The molecule has 1 heterocycles. The molecule has 1 saturated heterocycles. The number of thioether (sulfide) groups is 1. The lowest BCUT2D eigenvalue weighted by molar-refractivity contribution is 0.250. The van der Waals surface area contributed by atoms with Gasteiger partial charge >= 0.3 is 0 Å². The molecule has 2 nitrogen and oxygen atoms in total. The Balaban J connectivity index is 1.17. The summed E-state index contributed by atoms with van der Waals surface area (Å²) >= 11 is 1.69. The van der Waals surface area contributed by atoms with Gasteiger partial charge in [-0.2, -0.15) is 5.26 Å². The van der Waals surface area contributed by atoms with Gasteiger partial charge in [0.15, 0.2) is 0 Å². The quantitative estimate of drug-likeness (QED) is 0.193. The van der Waals surface area contributed by atoms with Crippen LogP contribution in [0.5, 0.6) is 0 Å². The van der Waals surface area contributed by atoms with Gasteiger partial charge in [-0.15, -0.1) is 0 Å². The third-order valence-electron chi connectivity index (χ3n) is 8.18. The van der Waals surface area contributed by atoms with Crippen molar-refractivity contribution in [2.75, 3.05) is 19.6 Å². The lowest BCUT2D eigenvalue weighted by Gasteiger charge is -2.32. The van der Waals surface area contributed by atoms with Gasteiger partial charge in [-0.3, -0.25) is 0 Å². The van der Waals surface area contributed by atoms with Crippen LogP contribution in [0.3, 0.4) is 0 Å². The van der Waals surface area contributed by atoms with Crippen molar-refractivity contribution in [1.82, 2.24) is 4.90 Å². The molecule has 1 unspecified atom stereocenters. The second-order valence-corrected chi connectivity index (χ2v) is 12.0. The van der Waals surface area contributed by atoms with Crippen LogP contribution in [0.25, 0.3) is 17.7 Å². The molecule has 4 aromatic carbocycles. The third-order valence-corrected chi connectivity index (χ3v) is 9.56. The summed E-state index contributed by atoms with van der Waals surface area (Å²) in [6.07, 6.45) is 8.50. The molecule has 0 bridgehead atoms. The Labute approximate surface area is 242 Å². The minimum Gasteiger partial charge on any atom is -0.303 e. The smallest absolute Gasteiger partial charge is 0.132 e. The zero-order chi connectivity index (χ0) is 27.2. The molecule has 2 aliphatic rings. The highest BCUT2D eigenvalue weighted by atomic mass is 32.2. The molecule has 1 fully saturated rings. The Morgan fingerprint density at radius 1 is 0.700 bits per heavy atom. The Morgan fingerprint density at radius 2 is 1.25 bits per heavy atom. The number of likely N-dealkylation sites (tertiary alicyclic amines) is 1. The highest BCUT2D eigenvalue weighted by Gasteiger charge is 2.33. The van der Waals surface area contributed by atoms with Crippen molar-refractivity contribution in [2.45, 2.75) is 35.3 Å². The molecule has 1 aliphatic carbocycles. The molecule has 198 valence electrons. The van der Waals surface area contributed by atoms with Crippen molar-refractivity contribution in [2.24, 2.45) is 0 Å². The molecule has 1 aliphatic heterocycles.